The molecule has 1 aliphatic rings. The van der Waals surface area contributed by atoms with Crippen molar-refractivity contribution < 1.29 is 26.3 Å². The lowest BCUT2D eigenvalue weighted by molar-refractivity contribution is -0.274. The lowest BCUT2D eigenvalue weighted by Crippen LogP contribution is -2.39. The summed E-state index contributed by atoms with van der Waals surface area (Å²) in [5, 5.41) is 0. The molecule has 1 heterocycles. The molecule has 126 valence electrons. The van der Waals surface area contributed by atoms with E-state index in [2.05, 4.69) is 4.74 Å². The van der Waals surface area contributed by atoms with E-state index in [0.29, 0.717) is 19.4 Å². The lowest BCUT2D eigenvalue weighted by Gasteiger charge is -2.23. The summed E-state index contributed by atoms with van der Waals surface area (Å²) in [6.45, 7) is 0.493. The predicted octanol–water partition coefficient (Wildman–Crippen LogP) is 2.12. The van der Waals surface area contributed by atoms with Gasteiger partial charge in [0.05, 0.1) is 4.90 Å². The Morgan fingerprint density at radius 3 is 2.64 bits per heavy atom. The first kappa shape index (κ1) is 19.0. The Bertz CT molecular complexity index is 610. The zero-order chi connectivity index (χ0) is 15.7. The van der Waals surface area contributed by atoms with E-state index in [0.717, 1.165) is 12.1 Å². The molecule has 0 spiro atoms. The molecule has 2 N–H and O–H groups in total. The summed E-state index contributed by atoms with van der Waals surface area (Å²) in [5.41, 5.74) is 5.53. The van der Waals surface area contributed by atoms with E-state index in [4.69, 9.17) is 5.73 Å². The molecule has 1 aromatic rings. The third kappa shape index (κ3) is 4.25. The second kappa shape index (κ2) is 7.03. The summed E-state index contributed by atoms with van der Waals surface area (Å²) >= 11 is 0. The monoisotopic (exact) mass is 360 g/mol. The summed E-state index contributed by atoms with van der Waals surface area (Å²) in [4.78, 5) is -0.232. The number of rotatable bonds is 4. The SMILES string of the molecule is Cl.NCC1CCCN1S(=O)(=O)c1cccc(OC(F)(F)F)c1. The van der Waals surface area contributed by atoms with Crippen molar-refractivity contribution in [3.05, 3.63) is 24.3 Å². The van der Waals surface area contributed by atoms with Gasteiger partial charge < -0.3 is 10.5 Å². The van der Waals surface area contributed by atoms with Gasteiger partial charge in [0.1, 0.15) is 5.75 Å². The maximum Gasteiger partial charge on any atom is 0.573 e. The fraction of sp³-hybridized carbons (Fsp3) is 0.500. The summed E-state index contributed by atoms with van der Waals surface area (Å²) in [7, 11) is -3.87. The van der Waals surface area contributed by atoms with Crippen molar-refractivity contribution in [1.82, 2.24) is 4.31 Å². The van der Waals surface area contributed by atoms with Gasteiger partial charge in [-0.1, -0.05) is 6.07 Å². The van der Waals surface area contributed by atoms with Crippen molar-refractivity contribution in [1.29, 1.82) is 0 Å². The van der Waals surface area contributed by atoms with Crippen LogP contribution in [0.1, 0.15) is 12.8 Å². The number of halogens is 4. The number of sulfonamides is 1. The standard InChI is InChI=1S/C12H15F3N2O3S.ClH/c13-12(14,15)20-10-4-1-5-11(7-10)21(18,19)17-6-2-3-9(17)8-16;/h1,4-5,7,9H,2-3,6,8,16H2;1H. The van der Waals surface area contributed by atoms with Crippen molar-refractivity contribution in [3.63, 3.8) is 0 Å². The van der Waals surface area contributed by atoms with E-state index in [1.165, 1.54) is 16.4 Å². The molecule has 5 nitrogen and oxygen atoms in total. The van der Waals surface area contributed by atoms with E-state index in [9.17, 15) is 21.6 Å². The van der Waals surface area contributed by atoms with Crippen LogP contribution in [0.25, 0.3) is 0 Å². The molecule has 1 saturated heterocycles. The first-order valence-electron chi connectivity index (χ1n) is 6.32. The van der Waals surface area contributed by atoms with Gasteiger partial charge in [-0.15, -0.1) is 25.6 Å². The average Bonchev–Trinajstić information content (AvgIpc) is 2.86. The Labute approximate surface area is 132 Å². The lowest BCUT2D eigenvalue weighted by atomic mass is 10.2. The van der Waals surface area contributed by atoms with Crippen LogP contribution in [0, 0.1) is 0 Å². The molecular formula is C12H16ClF3N2O3S. The minimum atomic E-state index is -4.87. The molecule has 0 saturated carbocycles. The Morgan fingerprint density at radius 1 is 1.36 bits per heavy atom. The van der Waals surface area contributed by atoms with E-state index >= 15 is 0 Å². The molecule has 10 heteroatoms. The molecule has 22 heavy (non-hydrogen) atoms. The third-order valence-electron chi connectivity index (χ3n) is 3.24. The van der Waals surface area contributed by atoms with Crippen LogP contribution < -0.4 is 10.5 Å². The molecule has 1 atom stereocenters. The maximum atomic E-state index is 12.5. The number of alkyl halides is 3. The highest BCUT2D eigenvalue weighted by Crippen LogP contribution is 2.29. The number of nitrogens with two attached hydrogens (primary N) is 1. The van der Waals surface area contributed by atoms with E-state index in [-0.39, 0.29) is 29.9 Å². The van der Waals surface area contributed by atoms with Crippen LogP contribution in [0.3, 0.4) is 0 Å². The number of benzene rings is 1. The van der Waals surface area contributed by atoms with Crippen LogP contribution in [-0.4, -0.2) is 38.2 Å². The molecule has 2 rings (SSSR count). The van der Waals surface area contributed by atoms with Gasteiger partial charge in [0.15, 0.2) is 0 Å². The topological polar surface area (TPSA) is 72.6 Å². The van der Waals surface area contributed by atoms with Crippen molar-refractivity contribution in [2.75, 3.05) is 13.1 Å². The molecule has 0 aromatic heterocycles. The number of hydrogen-bond donors (Lipinski definition) is 1. The molecule has 1 fully saturated rings. The van der Waals surface area contributed by atoms with Crippen LogP contribution in [0.4, 0.5) is 13.2 Å². The van der Waals surface area contributed by atoms with Gasteiger partial charge in [0.2, 0.25) is 10.0 Å². The largest absolute Gasteiger partial charge is 0.573 e. The van der Waals surface area contributed by atoms with Gasteiger partial charge >= 0.3 is 6.36 Å². The summed E-state index contributed by atoms with van der Waals surface area (Å²) in [6, 6.07) is 4.06. The summed E-state index contributed by atoms with van der Waals surface area (Å²) in [5.74, 6) is -0.563. The van der Waals surface area contributed by atoms with Crippen LogP contribution >= 0.6 is 12.4 Å². The second-order valence-electron chi connectivity index (χ2n) is 4.67. The van der Waals surface area contributed by atoms with E-state index in [1.807, 2.05) is 0 Å². The maximum absolute atomic E-state index is 12.5. The van der Waals surface area contributed by atoms with Crippen LogP contribution in [0.5, 0.6) is 5.75 Å². The molecule has 0 bridgehead atoms. The first-order chi connectivity index (χ1) is 9.74. The quantitative estimate of drug-likeness (QED) is 0.892. The highest BCUT2D eigenvalue weighted by Gasteiger charge is 2.35. The van der Waals surface area contributed by atoms with Gasteiger partial charge in [-0.2, -0.15) is 4.31 Å². The van der Waals surface area contributed by atoms with Crippen LogP contribution in [0.2, 0.25) is 0 Å². The van der Waals surface area contributed by atoms with Gasteiger partial charge in [-0.25, -0.2) is 8.42 Å². The second-order valence-corrected chi connectivity index (χ2v) is 6.56. The minimum absolute atomic E-state index is 0. The fourth-order valence-electron chi connectivity index (χ4n) is 2.33. The molecule has 0 amide bonds. The Morgan fingerprint density at radius 2 is 2.05 bits per heavy atom. The van der Waals surface area contributed by atoms with E-state index < -0.39 is 22.1 Å². The van der Waals surface area contributed by atoms with Crippen molar-refractivity contribution >= 4 is 22.4 Å². The van der Waals surface area contributed by atoms with Crippen molar-refractivity contribution in [2.24, 2.45) is 5.73 Å². The Hall–Kier alpha value is -1.03. The minimum Gasteiger partial charge on any atom is -0.406 e. The first-order valence-corrected chi connectivity index (χ1v) is 7.76. The van der Waals surface area contributed by atoms with Gasteiger partial charge in [0.25, 0.3) is 0 Å². The highest BCUT2D eigenvalue weighted by molar-refractivity contribution is 7.89. The molecule has 0 radical (unpaired) electrons. The van der Waals surface area contributed by atoms with Gasteiger partial charge in [-0.3, -0.25) is 0 Å². The normalized spacial score (nSPS) is 19.7. The van der Waals surface area contributed by atoms with Gasteiger partial charge in [-0.05, 0) is 25.0 Å². The predicted molar refractivity (Wildman–Crippen MR) is 76.3 cm³/mol. The zero-order valence-electron chi connectivity index (χ0n) is 11.4. The number of ether oxygens (including phenoxy) is 1. The number of nitrogens with zero attached hydrogens (tertiary/aromatic N) is 1. The summed E-state index contributed by atoms with van der Waals surface area (Å²) in [6.07, 6.45) is -3.54. The van der Waals surface area contributed by atoms with Crippen molar-refractivity contribution in [3.8, 4) is 5.75 Å². The van der Waals surface area contributed by atoms with E-state index in [1.54, 1.807) is 0 Å². The van der Waals surface area contributed by atoms with Crippen LogP contribution in [-0.2, 0) is 10.0 Å². The average molecular weight is 361 g/mol. The van der Waals surface area contributed by atoms with Gasteiger partial charge in [0, 0.05) is 25.2 Å². The van der Waals surface area contributed by atoms with Crippen molar-refractivity contribution in [2.45, 2.75) is 30.1 Å². The number of hydrogen-bond acceptors (Lipinski definition) is 4. The zero-order valence-corrected chi connectivity index (χ0v) is 13.0. The Balaban J connectivity index is 0.00000242. The highest BCUT2D eigenvalue weighted by atomic mass is 35.5. The summed E-state index contributed by atoms with van der Waals surface area (Å²) < 4.78 is 66.5. The smallest absolute Gasteiger partial charge is 0.406 e. The fourth-order valence-corrected chi connectivity index (χ4v) is 4.07. The van der Waals surface area contributed by atoms with Crippen LogP contribution in [0.15, 0.2) is 29.2 Å². The molecular weight excluding hydrogens is 345 g/mol. The third-order valence-corrected chi connectivity index (χ3v) is 5.19. The Kier molecular flexibility index (Phi) is 6.08. The molecule has 0 aliphatic carbocycles. The molecule has 1 aliphatic heterocycles. The molecule has 1 aromatic carbocycles. The molecule has 1 unspecified atom stereocenters.